The van der Waals surface area contributed by atoms with Gasteiger partial charge in [0.15, 0.2) is 0 Å². The van der Waals surface area contributed by atoms with Crippen LogP contribution in [0.15, 0.2) is 42.9 Å². The average Bonchev–Trinajstić information content (AvgIpc) is 2.99. The Kier molecular flexibility index (Phi) is 4.33. The van der Waals surface area contributed by atoms with Crippen LogP contribution in [0.4, 0.5) is 19.1 Å². The van der Waals surface area contributed by atoms with Gasteiger partial charge in [-0.25, -0.2) is 14.5 Å². The summed E-state index contributed by atoms with van der Waals surface area (Å²) < 4.78 is 40.1. The molecule has 140 valence electrons. The summed E-state index contributed by atoms with van der Waals surface area (Å²) in [6.45, 7) is 1.06. The van der Waals surface area contributed by atoms with Crippen LogP contribution in [0.25, 0.3) is 11.1 Å². The topological polar surface area (TPSA) is 55.1 Å². The molecule has 0 radical (unpaired) electrons. The third kappa shape index (κ3) is 3.51. The molecule has 3 heterocycles. The summed E-state index contributed by atoms with van der Waals surface area (Å²) in [6.07, 6.45) is 5.49. The van der Waals surface area contributed by atoms with Crippen LogP contribution in [0.2, 0.25) is 0 Å². The molecule has 0 unspecified atom stereocenters. The fourth-order valence-corrected chi connectivity index (χ4v) is 3.17. The lowest BCUT2D eigenvalue weighted by Gasteiger charge is -2.18. The van der Waals surface area contributed by atoms with Gasteiger partial charge >= 0.3 is 6.18 Å². The van der Waals surface area contributed by atoms with Crippen molar-refractivity contribution in [1.82, 2.24) is 19.6 Å². The van der Waals surface area contributed by atoms with Gasteiger partial charge in [-0.1, -0.05) is 6.08 Å². The summed E-state index contributed by atoms with van der Waals surface area (Å²) in [4.78, 5) is 8.51. The maximum atomic E-state index is 12.8. The predicted octanol–water partition coefficient (Wildman–Crippen LogP) is 4.26. The smallest absolute Gasteiger partial charge is 0.343 e. The van der Waals surface area contributed by atoms with E-state index >= 15 is 0 Å². The number of anilines is 1. The quantitative estimate of drug-likeness (QED) is 0.746. The first-order valence-corrected chi connectivity index (χ1v) is 8.75. The number of allylic oxidation sites excluding steroid dienone is 1. The molecule has 5 nitrogen and oxygen atoms in total. The minimum Gasteiger partial charge on any atom is -0.343 e. The molecule has 0 aliphatic heterocycles. The number of hydrogen-bond acceptors (Lipinski definition) is 4. The van der Waals surface area contributed by atoms with Gasteiger partial charge in [-0.3, -0.25) is 0 Å². The molecule has 3 aromatic rings. The normalized spacial score (nSPS) is 15.8. The molecule has 1 aliphatic rings. The standard InChI is InChI=1S/C19H18F3N5/c1-12(19(20,21)22)25-18-23-11-16-15(4-2-3-5-17(16)26-18)13-7-9-27-14(10-13)6-8-24-27/h4,6-12H,2-3,5H2,1H3,(H,23,25,26)/t12-/m1/s1. The maximum absolute atomic E-state index is 12.8. The average molecular weight is 373 g/mol. The summed E-state index contributed by atoms with van der Waals surface area (Å²) >= 11 is 0. The van der Waals surface area contributed by atoms with Crippen LogP contribution in [0.1, 0.15) is 36.6 Å². The predicted molar refractivity (Wildman–Crippen MR) is 96.4 cm³/mol. The monoisotopic (exact) mass is 373 g/mol. The Morgan fingerprint density at radius 2 is 2.11 bits per heavy atom. The van der Waals surface area contributed by atoms with Gasteiger partial charge in [-0.05, 0) is 55.5 Å². The Bertz CT molecular complexity index is 1010. The molecular formula is C19H18F3N5. The SMILES string of the molecule is C[C@@H](Nc1ncc2c(n1)CCCC=C2c1ccn2nccc2c1)C(F)(F)F. The number of rotatable bonds is 3. The summed E-state index contributed by atoms with van der Waals surface area (Å²) in [5.74, 6) is 0.00562. The van der Waals surface area contributed by atoms with E-state index in [9.17, 15) is 13.2 Å². The number of halogens is 3. The number of nitrogens with zero attached hydrogens (tertiary/aromatic N) is 4. The van der Waals surface area contributed by atoms with E-state index in [1.54, 1.807) is 16.9 Å². The second-order valence-corrected chi connectivity index (χ2v) is 6.59. The number of aromatic nitrogens is 4. The zero-order chi connectivity index (χ0) is 19.0. The Morgan fingerprint density at radius 1 is 1.26 bits per heavy atom. The first kappa shape index (κ1) is 17.5. The van der Waals surface area contributed by atoms with Crippen molar-refractivity contribution >= 4 is 17.0 Å². The van der Waals surface area contributed by atoms with Crippen molar-refractivity contribution in [3.63, 3.8) is 0 Å². The van der Waals surface area contributed by atoms with Gasteiger partial charge in [-0.15, -0.1) is 0 Å². The third-order valence-corrected chi connectivity index (χ3v) is 4.67. The second kappa shape index (κ2) is 6.68. The Morgan fingerprint density at radius 3 is 2.93 bits per heavy atom. The number of fused-ring (bicyclic) bond motifs is 2. The molecule has 1 atom stereocenters. The molecule has 0 saturated carbocycles. The first-order valence-electron chi connectivity index (χ1n) is 8.75. The van der Waals surface area contributed by atoms with Gasteiger partial charge in [0.2, 0.25) is 5.95 Å². The van der Waals surface area contributed by atoms with Crippen molar-refractivity contribution in [3.8, 4) is 0 Å². The largest absolute Gasteiger partial charge is 0.408 e. The summed E-state index contributed by atoms with van der Waals surface area (Å²) in [5.41, 5.74) is 4.61. The minimum absolute atomic E-state index is 0.00562. The van der Waals surface area contributed by atoms with Crippen LogP contribution in [0.5, 0.6) is 0 Å². The molecule has 0 saturated heterocycles. The highest BCUT2D eigenvalue weighted by Gasteiger charge is 2.36. The molecule has 0 aromatic carbocycles. The molecule has 1 aliphatic carbocycles. The van der Waals surface area contributed by atoms with E-state index in [-0.39, 0.29) is 5.95 Å². The lowest BCUT2D eigenvalue weighted by atomic mass is 9.98. The van der Waals surface area contributed by atoms with Crippen LogP contribution < -0.4 is 5.32 Å². The van der Waals surface area contributed by atoms with E-state index in [0.29, 0.717) is 6.42 Å². The van der Waals surface area contributed by atoms with Crippen molar-refractivity contribution in [2.75, 3.05) is 5.32 Å². The van der Waals surface area contributed by atoms with Gasteiger partial charge < -0.3 is 5.32 Å². The number of nitrogens with one attached hydrogen (secondary N) is 1. The van der Waals surface area contributed by atoms with Crippen LogP contribution in [-0.2, 0) is 6.42 Å². The van der Waals surface area contributed by atoms with Gasteiger partial charge in [0.1, 0.15) is 6.04 Å². The Labute approximate surface area is 154 Å². The van der Waals surface area contributed by atoms with Crippen LogP contribution in [0, 0.1) is 0 Å². The van der Waals surface area contributed by atoms with Gasteiger partial charge in [-0.2, -0.15) is 18.3 Å². The molecule has 4 rings (SSSR count). The van der Waals surface area contributed by atoms with Crippen LogP contribution in [0.3, 0.4) is 0 Å². The Hall–Kier alpha value is -2.90. The van der Waals surface area contributed by atoms with Crippen molar-refractivity contribution in [2.24, 2.45) is 0 Å². The minimum atomic E-state index is -4.35. The van der Waals surface area contributed by atoms with Crippen molar-refractivity contribution in [2.45, 2.75) is 38.4 Å². The number of aryl methyl sites for hydroxylation is 1. The molecular weight excluding hydrogens is 355 g/mol. The summed E-state index contributed by atoms with van der Waals surface area (Å²) in [5, 5.41) is 6.55. The number of hydrogen-bond donors (Lipinski definition) is 1. The molecule has 1 N–H and O–H groups in total. The van der Waals surface area contributed by atoms with Crippen molar-refractivity contribution in [3.05, 3.63) is 59.7 Å². The lowest BCUT2D eigenvalue weighted by Crippen LogP contribution is -2.33. The molecule has 8 heteroatoms. The molecule has 3 aromatic heterocycles. The molecule has 0 spiro atoms. The van der Waals surface area contributed by atoms with E-state index in [2.05, 4.69) is 26.5 Å². The van der Waals surface area contributed by atoms with E-state index in [1.807, 2.05) is 24.4 Å². The number of pyridine rings is 1. The first-order chi connectivity index (χ1) is 12.9. The highest BCUT2D eigenvalue weighted by Crippen LogP contribution is 2.31. The highest BCUT2D eigenvalue weighted by atomic mass is 19.4. The zero-order valence-corrected chi connectivity index (χ0v) is 14.7. The third-order valence-electron chi connectivity index (χ3n) is 4.67. The van der Waals surface area contributed by atoms with E-state index < -0.39 is 12.2 Å². The molecule has 0 bridgehead atoms. The fraction of sp³-hybridized carbons (Fsp3) is 0.316. The van der Waals surface area contributed by atoms with Crippen LogP contribution in [-0.4, -0.2) is 31.8 Å². The van der Waals surface area contributed by atoms with Gasteiger partial charge in [0, 0.05) is 24.2 Å². The molecule has 27 heavy (non-hydrogen) atoms. The maximum Gasteiger partial charge on any atom is 0.408 e. The van der Waals surface area contributed by atoms with E-state index in [4.69, 9.17) is 0 Å². The summed E-state index contributed by atoms with van der Waals surface area (Å²) in [6, 6.07) is 4.22. The van der Waals surface area contributed by atoms with Gasteiger partial charge in [0.25, 0.3) is 0 Å². The lowest BCUT2D eigenvalue weighted by molar-refractivity contribution is -0.138. The second-order valence-electron chi connectivity index (χ2n) is 6.59. The van der Waals surface area contributed by atoms with E-state index in [0.717, 1.165) is 47.7 Å². The van der Waals surface area contributed by atoms with Crippen LogP contribution >= 0.6 is 0 Å². The van der Waals surface area contributed by atoms with E-state index in [1.165, 1.54) is 0 Å². The molecule has 0 amide bonds. The van der Waals surface area contributed by atoms with Crippen molar-refractivity contribution in [1.29, 1.82) is 0 Å². The van der Waals surface area contributed by atoms with Gasteiger partial charge in [0.05, 0.1) is 11.2 Å². The zero-order valence-electron chi connectivity index (χ0n) is 14.7. The van der Waals surface area contributed by atoms with Crippen molar-refractivity contribution < 1.29 is 13.2 Å². The highest BCUT2D eigenvalue weighted by molar-refractivity contribution is 5.82. The number of alkyl halides is 3. The Balaban J connectivity index is 1.69. The fourth-order valence-electron chi connectivity index (χ4n) is 3.17. The summed E-state index contributed by atoms with van der Waals surface area (Å²) in [7, 11) is 0. The molecule has 0 fully saturated rings.